The van der Waals surface area contributed by atoms with Crippen molar-refractivity contribution in [2.24, 2.45) is 0 Å². The second kappa shape index (κ2) is 5.29. The second-order valence-corrected chi connectivity index (χ2v) is 5.15. The van der Waals surface area contributed by atoms with Crippen LogP contribution in [0.1, 0.15) is 27.1 Å². The quantitative estimate of drug-likeness (QED) is 0.758. The average Bonchev–Trinajstić information content (AvgIpc) is 2.97. The van der Waals surface area contributed by atoms with E-state index in [2.05, 4.69) is 0 Å². The Hall–Kier alpha value is -2.21. The average molecular weight is 288 g/mol. The summed E-state index contributed by atoms with van der Waals surface area (Å²) in [5.41, 5.74) is 0.870. The fraction of sp³-hybridized carbons (Fsp3) is 0.400. The Morgan fingerprint density at radius 1 is 1.10 bits per heavy atom. The van der Waals surface area contributed by atoms with Gasteiger partial charge < -0.3 is 9.64 Å². The molecule has 3 amide bonds. The van der Waals surface area contributed by atoms with Crippen molar-refractivity contribution in [1.29, 1.82) is 0 Å². The maximum atomic E-state index is 12.2. The molecule has 1 fully saturated rings. The number of likely N-dealkylation sites (tertiary alicyclic amines) is 1. The first-order valence-electron chi connectivity index (χ1n) is 6.90. The highest BCUT2D eigenvalue weighted by atomic mass is 16.5. The Bertz CT molecular complexity index is 578. The maximum absolute atomic E-state index is 12.2. The lowest BCUT2D eigenvalue weighted by Crippen LogP contribution is -2.40. The minimum Gasteiger partial charge on any atom is -0.372 e. The second-order valence-electron chi connectivity index (χ2n) is 5.15. The summed E-state index contributed by atoms with van der Waals surface area (Å²) in [6.45, 7) is 1.17. The van der Waals surface area contributed by atoms with E-state index in [9.17, 15) is 14.4 Å². The van der Waals surface area contributed by atoms with Gasteiger partial charge in [0.05, 0.1) is 11.1 Å². The standard InChI is InChI=1S/C15H16N2O4/c1-21-12-6-7-16(15(12)20)8-9-17-13(18)10-4-2-3-5-11(10)14(17)19/h2-5,12H,6-9H2,1H3/t12-/m1/s1. The third-order valence-electron chi connectivity index (χ3n) is 4.00. The fourth-order valence-electron chi connectivity index (χ4n) is 2.81. The monoisotopic (exact) mass is 288 g/mol. The molecule has 2 aliphatic rings. The van der Waals surface area contributed by atoms with Gasteiger partial charge in [0.1, 0.15) is 6.10 Å². The number of methoxy groups -OCH3 is 1. The third kappa shape index (κ3) is 2.21. The zero-order chi connectivity index (χ0) is 15.0. The van der Waals surface area contributed by atoms with E-state index in [0.717, 1.165) is 0 Å². The molecule has 0 aliphatic carbocycles. The number of fused-ring (bicyclic) bond motifs is 1. The first kappa shape index (κ1) is 13.8. The number of hydrogen-bond acceptors (Lipinski definition) is 4. The zero-order valence-corrected chi connectivity index (χ0v) is 11.7. The molecule has 0 N–H and O–H groups in total. The molecule has 1 saturated heterocycles. The topological polar surface area (TPSA) is 66.9 Å². The normalized spacial score (nSPS) is 21.4. The van der Waals surface area contributed by atoms with Crippen molar-refractivity contribution in [1.82, 2.24) is 9.80 Å². The van der Waals surface area contributed by atoms with E-state index < -0.39 is 6.10 Å². The van der Waals surface area contributed by atoms with Crippen molar-refractivity contribution in [3.8, 4) is 0 Å². The summed E-state index contributed by atoms with van der Waals surface area (Å²) in [5.74, 6) is -0.648. The van der Waals surface area contributed by atoms with Gasteiger partial charge in [-0.3, -0.25) is 19.3 Å². The van der Waals surface area contributed by atoms with E-state index in [0.29, 0.717) is 30.6 Å². The van der Waals surface area contributed by atoms with Crippen molar-refractivity contribution in [3.05, 3.63) is 35.4 Å². The molecule has 21 heavy (non-hydrogen) atoms. The van der Waals surface area contributed by atoms with Gasteiger partial charge in [0, 0.05) is 33.2 Å². The first-order chi connectivity index (χ1) is 10.1. The zero-order valence-electron chi connectivity index (χ0n) is 11.7. The van der Waals surface area contributed by atoms with Crippen LogP contribution in [0.3, 0.4) is 0 Å². The number of benzene rings is 1. The van der Waals surface area contributed by atoms with E-state index in [-0.39, 0.29) is 24.3 Å². The Morgan fingerprint density at radius 2 is 1.71 bits per heavy atom. The predicted octanol–water partition coefficient (Wildman–Crippen LogP) is 0.530. The summed E-state index contributed by atoms with van der Waals surface area (Å²) in [6, 6.07) is 6.77. The number of ether oxygens (including phenoxy) is 1. The summed E-state index contributed by atoms with van der Waals surface area (Å²) in [7, 11) is 1.51. The number of carbonyl (C=O) groups is 3. The Kier molecular flexibility index (Phi) is 3.47. The van der Waals surface area contributed by atoms with Crippen molar-refractivity contribution in [2.75, 3.05) is 26.7 Å². The number of imide groups is 1. The smallest absolute Gasteiger partial charge is 0.261 e. The molecule has 1 aromatic carbocycles. The molecule has 2 heterocycles. The van der Waals surface area contributed by atoms with Gasteiger partial charge >= 0.3 is 0 Å². The van der Waals surface area contributed by atoms with Crippen molar-refractivity contribution >= 4 is 17.7 Å². The van der Waals surface area contributed by atoms with E-state index in [4.69, 9.17) is 4.74 Å². The first-order valence-corrected chi connectivity index (χ1v) is 6.90. The molecule has 1 atom stereocenters. The fourth-order valence-corrected chi connectivity index (χ4v) is 2.81. The molecule has 3 rings (SSSR count). The lowest BCUT2D eigenvalue weighted by molar-refractivity contribution is -0.135. The van der Waals surface area contributed by atoms with Crippen LogP contribution in [0.25, 0.3) is 0 Å². The van der Waals surface area contributed by atoms with Crippen LogP contribution >= 0.6 is 0 Å². The largest absolute Gasteiger partial charge is 0.372 e. The number of carbonyl (C=O) groups excluding carboxylic acids is 3. The van der Waals surface area contributed by atoms with Crippen LogP contribution in [0.4, 0.5) is 0 Å². The SMILES string of the molecule is CO[C@@H]1CCN(CCN2C(=O)c3ccccc3C2=O)C1=O. The van der Waals surface area contributed by atoms with Gasteiger partial charge in [0.15, 0.2) is 0 Å². The van der Waals surface area contributed by atoms with Crippen LogP contribution in [-0.2, 0) is 9.53 Å². The van der Waals surface area contributed by atoms with Gasteiger partial charge in [-0.25, -0.2) is 0 Å². The van der Waals surface area contributed by atoms with Crippen LogP contribution in [0, 0.1) is 0 Å². The minimum absolute atomic E-state index is 0.0749. The summed E-state index contributed by atoms with van der Waals surface area (Å²) in [4.78, 5) is 39.2. The van der Waals surface area contributed by atoms with Crippen LogP contribution < -0.4 is 0 Å². The van der Waals surface area contributed by atoms with Gasteiger partial charge in [-0.1, -0.05) is 12.1 Å². The molecule has 0 unspecified atom stereocenters. The van der Waals surface area contributed by atoms with E-state index in [1.165, 1.54) is 12.0 Å². The predicted molar refractivity (Wildman–Crippen MR) is 73.8 cm³/mol. The summed E-state index contributed by atoms with van der Waals surface area (Å²) >= 11 is 0. The molecular formula is C15H16N2O4. The molecule has 6 heteroatoms. The molecule has 0 aromatic heterocycles. The summed E-state index contributed by atoms with van der Waals surface area (Å²) in [5, 5.41) is 0. The van der Waals surface area contributed by atoms with E-state index in [1.807, 2.05) is 0 Å². The minimum atomic E-state index is -0.396. The van der Waals surface area contributed by atoms with Crippen molar-refractivity contribution in [2.45, 2.75) is 12.5 Å². The molecule has 110 valence electrons. The van der Waals surface area contributed by atoms with Crippen LogP contribution in [0.5, 0.6) is 0 Å². The molecule has 0 spiro atoms. The Balaban J connectivity index is 1.67. The molecule has 0 bridgehead atoms. The highest BCUT2D eigenvalue weighted by molar-refractivity contribution is 6.21. The molecule has 2 aliphatic heterocycles. The third-order valence-corrected chi connectivity index (χ3v) is 4.00. The Morgan fingerprint density at radius 3 is 2.24 bits per heavy atom. The van der Waals surface area contributed by atoms with Gasteiger partial charge in [0.2, 0.25) is 0 Å². The Labute approximate surface area is 122 Å². The van der Waals surface area contributed by atoms with Gasteiger partial charge in [-0.2, -0.15) is 0 Å². The summed E-state index contributed by atoms with van der Waals surface area (Å²) in [6.07, 6.45) is 0.254. The van der Waals surface area contributed by atoms with Crippen molar-refractivity contribution in [3.63, 3.8) is 0 Å². The van der Waals surface area contributed by atoms with E-state index in [1.54, 1.807) is 29.2 Å². The maximum Gasteiger partial charge on any atom is 0.261 e. The molecule has 0 saturated carbocycles. The van der Waals surface area contributed by atoms with Crippen molar-refractivity contribution < 1.29 is 19.1 Å². The van der Waals surface area contributed by atoms with Gasteiger partial charge in [0.25, 0.3) is 17.7 Å². The highest BCUT2D eigenvalue weighted by Crippen LogP contribution is 2.22. The van der Waals surface area contributed by atoms with Crippen LogP contribution in [-0.4, -0.2) is 60.4 Å². The number of rotatable bonds is 4. The van der Waals surface area contributed by atoms with Crippen LogP contribution in [0.15, 0.2) is 24.3 Å². The number of nitrogens with zero attached hydrogens (tertiary/aromatic N) is 2. The lowest BCUT2D eigenvalue weighted by atomic mass is 10.1. The van der Waals surface area contributed by atoms with Crippen LogP contribution in [0.2, 0.25) is 0 Å². The molecular weight excluding hydrogens is 272 g/mol. The number of amides is 3. The molecule has 6 nitrogen and oxygen atoms in total. The van der Waals surface area contributed by atoms with Gasteiger partial charge in [-0.15, -0.1) is 0 Å². The number of hydrogen-bond donors (Lipinski definition) is 0. The summed E-state index contributed by atoms with van der Waals surface area (Å²) < 4.78 is 5.08. The van der Waals surface area contributed by atoms with E-state index >= 15 is 0 Å². The lowest BCUT2D eigenvalue weighted by Gasteiger charge is -2.20. The molecule has 0 radical (unpaired) electrons. The van der Waals surface area contributed by atoms with Gasteiger partial charge in [-0.05, 0) is 12.1 Å². The highest BCUT2D eigenvalue weighted by Gasteiger charge is 2.37. The molecule has 1 aromatic rings.